The van der Waals surface area contributed by atoms with Crippen LogP contribution in [0.4, 0.5) is 5.82 Å². The molecular weight excluding hydrogens is 278 g/mol. The maximum atomic E-state index is 6.14. The first kappa shape index (κ1) is 16.0. The van der Waals surface area contributed by atoms with Crippen molar-refractivity contribution in [2.24, 2.45) is 5.73 Å². The fourth-order valence-corrected chi connectivity index (χ4v) is 3.05. The molecule has 3 nitrogen and oxygen atoms in total. The first-order valence-electron chi connectivity index (χ1n) is 7.60. The van der Waals surface area contributed by atoms with E-state index in [1.54, 1.807) is 11.3 Å². The Morgan fingerprint density at radius 3 is 2.71 bits per heavy atom. The van der Waals surface area contributed by atoms with Crippen LogP contribution in [0.2, 0.25) is 0 Å². The van der Waals surface area contributed by atoms with Crippen LogP contribution < -0.4 is 10.6 Å². The van der Waals surface area contributed by atoms with Gasteiger partial charge in [-0.1, -0.05) is 19.1 Å². The van der Waals surface area contributed by atoms with Crippen molar-refractivity contribution in [1.29, 1.82) is 0 Å². The number of thiophene rings is 1. The van der Waals surface area contributed by atoms with Gasteiger partial charge >= 0.3 is 0 Å². The highest BCUT2D eigenvalue weighted by atomic mass is 32.1. The maximum Gasteiger partial charge on any atom is 0.132 e. The van der Waals surface area contributed by atoms with Gasteiger partial charge in [-0.3, -0.25) is 0 Å². The van der Waals surface area contributed by atoms with Crippen LogP contribution in [0.1, 0.15) is 37.6 Å². The molecular formula is C17H25N3S. The molecule has 2 heterocycles. The molecule has 0 saturated heterocycles. The second-order valence-corrected chi connectivity index (χ2v) is 6.69. The van der Waals surface area contributed by atoms with Gasteiger partial charge in [-0.25, -0.2) is 4.98 Å². The Hall–Kier alpha value is -1.39. The Morgan fingerprint density at radius 2 is 2.10 bits per heavy atom. The summed E-state index contributed by atoms with van der Waals surface area (Å²) in [6, 6.07) is 9.04. The summed E-state index contributed by atoms with van der Waals surface area (Å²) >= 11 is 1.79. The van der Waals surface area contributed by atoms with E-state index in [9.17, 15) is 0 Å². The van der Waals surface area contributed by atoms with E-state index in [0.717, 1.165) is 25.2 Å². The van der Waals surface area contributed by atoms with Crippen molar-refractivity contribution in [1.82, 2.24) is 4.98 Å². The van der Waals surface area contributed by atoms with Crippen LogP contribution in [0.5, 0.6) is 0 Å². The first-order chi connectivity index (χ1) is 10.1. The molecule has 4 heteroatoms. The monoisotopic (exact) mass is 303 g/mol. The van der Waals surface area contributed by atoms with Crippen molar-refractivity contribution in [3.05, 3.63) is 46.3 Å². The summed E-state index contributed by atoms with van der Waals surface area (Å²) in [6.45, 7) is 7.46. The molecule has 0 radical (unpaired) electrons. The zero-order chi connectivity index (χ0) is 15.2. The zero-order valence-corrected chi connectivity index (χ0v) is 13.9. The summed E-state index contributed by atoms with van der Waals surface area (Å²) in [7, 11) is 0. The van der Waals surface area contributed by atoms with E-state index in [2.05, 4.69) is 54.2 Å². The topological polar surface area (TPSA) is 42.1 Å². The third kappa shape index (κ3) is 4.29. The molecule has 2 N–H and O–H groups in total. The number of anilines is 1. The van der Waals surface area contributed by atoms with Crippen LogP contribution in [0.3, 0.4) is 0 Å². The summed E-state index contributed by atoms with van der Waals surface area (Å²) in [4.78, 5) is 8.37. The van der Waals surface area contributed by atoms with E-state index in [-0.39, 0.29) is 6.04 Å². The highest BCUT2D eigenvalue weighted by molar-refractivity contribution is 7.09. The smallest absolute Gasteiger partial charge is 0.132 e. The van der Waals surface area contributed by atoms with Crippen molar-refractivity contribution in [2.45, 2.75) is 52.2 Å². The molecule has 0 fully saturated rings. The van der Waals surface area contributed by atoms with Crippen LogP contribution in [-0.2, 0) is 13.0 Å². The van der Waals surface area contributed by atoms with Gasteiger partial charge in [0.25, 0.3) is 0 Å². The van der Waals surface area contributed by atoms with Crippen LogP contribution in [0.15, 0.2) is 35.8 Å². The lowest BCUT2D eigenvalue weighted by molar-refractivity contribution is 0.631. The van der Waals surface area contributed by atoms with Crippen molar-refractivity contribution in [3.63, 3.8) is 0 Å². The van der Waals surface area contributed by atoms with Crippen LogP contribution in [-0.4, -0.2) is 17.1 Å². The van der Waals surface area contributed by atoms with Crippen molar-refractivity contribution < 1.29 is 0 Å². The molecule has 0 spiro atoms. The summed E-state index contributed by atoms with van der Waals surface area (Å²) in [5.74, 6) is 1.07. The first-order valence-corrected chi connectivity index (χ1v) is 8.48. The number of hydrogen-bond donors (Lipinski definition) is 1. The lowest BCUT2D eigenvalue weighted by Gasteiger charge is -2.29. The molecule has 2 aromatic heterocycles. The second kappa shape index (κ2) is 7.57. The highest BCUT2D eigenvalue weighted by Crippen LogP contribution is 2.24. The highest BCUT2D eigenvalue weighted by Gasteiger charge is 2.17. The third-order valence-corrected chi connectivity index (χ3v) is 4.54. The van der Waals surface area contributed by atoms with E-state index < -0.39 is 0 Å². The Labute approximate surface area is 131 Å². The predicted molar refractivity (Wildman–Crippen MR) is 91.8 cm³/mol. The van der Waals surface area contributed by atoms with Gasteiger partial charge < -0.3 is 10.6 Å². The third-order valence-electron chi connectivity index (χ3n) is 3.68. The van der Waals surface area contributed by atoms with Gasteiger partial charge in [0.1, 0.15) is 5.82 Å². The van der Waals surface area contributed by atoms with Gasteiger partial charge in [-0.2, -0.15) is 0 Å². The minimum atomic E-state index is 0.198. The molecule has 0 amide bonds. The lowest BCUT2D eigenvalue weighted by Crippen LogP contribution is -2.32. The normalized spacial score (nSPS) is 12.6. The Bertz CT molecular complexity index is 537. The van der Waals surface area contributed by atoms with Crippen LogP contribution >= 0.6 is 11.3 Å². The fraction of sp³-hybridized carbons (Fsp3) is 0.471. The molecule has 2 aromatic rings. The van der Waals surface area contributed by atoms with Gasteiger partial charge in [0.15, 0.2) is 0 Å². The van der Waals surface area contributed by atoms with Crippen LogP contribution in [0.25, 0.3) is 0 Å². The van der Waals surface area contributed by atoms with Crippen molar-refractivity contribution >= 4 is 17.2 Å². The zero-order valence-electron chi connectivity index (χ0n) is 13.1. The quantitative estimate of drug-likeness (QED) is 0.845. The lowest BCUT2D eigenvalue weighted by atomic mass is 10.0. The van der Waals surface area contributed by atoms with Gasteiger partial charge in [0.2, 0.25) is 0 Å². The molecule has 0 aliphatic rings. The minimum absolute atomic E-state index is 0.198. The summed E-state index contributed by atoms with van der Waals surface area (Å²) in [6.07, 6.45) is 3.74. The fourth-order valence-electron chi connectivity index (χ4n) is 2.35. The Kier molecular flexibility index (Phi) is 5.76. The molecule has 0 bridgehead atoms. The number of nitrogens with two attached hydrogens (primary N) is 1. The van der Waals surface area contributed by atoms with E-state index in [4.69, 9.17) is 5.73 Å². The number of rotatable bonds is 7. The van der Waals surface area contributed by atoms with Gasteiger partial charge in [-0.15, -0.1) is 11.3 Å². The molecule has 0 saturated carbocycles. The maximum absolute atomic E-state index is 6.14. The van der Waals surface area contributed by atoms with E-state index in [0.29, 0.717) is 6.04 Å². The van der Waals surface area contributed by atoms with Crippen molar-refractivity contribution in [2.75, 3.05) is 4.90 Å². The second-order valence-electron chi connectivity index (χ2n) is 5.66. The van der Waals surface area contributed by atoms with E-state index in [1.165, 1.54) is 10.4 Å². The molecule has 1 atom stereocenters. The van der Waals surface area contributed by atoms with Crippen molar-refractivity contribution in [3.8, 4) is 0 Å². The Balaban J connectivity index is 2.27. The Morgan fingerprint density at radius 1 is 1.29 bits per heavy atom. The molecule has 2 rings (SSSR count). The van der Waals surface area contributed by atoms with Gasteiger partial charge in [-0.05, 0) is 49.8 Å². The molecule has 114 valence electrons. The number of pyridine rings is 1. The molecule has 0 aliphatic carbocycles. The molecule has 1 unspecified atom stereocenters. The SMILES string of the molecule is CCC(N)Cc1cccnc1N(Cc1cccs1)C(C)C. The number of hydrogen-bond acceptors (Lipinski definition) is 4. The predicted octanol–water partition coefficient (Wildman–Crippen LogP) is 3.84. The van der Waals surface area contributed by atoms with E-state index in [1.807, 2.05) is 12.3 Å². The molecule has 0 aromatic carbocycles. The average molecular weight is 303 g/mol. The van der Waals surface area contributed by atoms with E-state index >= 15 is 0 Å². The summed E-state index contributed by atoms with van der Waals surface area (Å²) < 4.78 is 0. The van der Waals surface area contributed by atoms with Gasteiger partial charge in [0, 0.05) is 23.2 Å². The molecule has 21 heavy (non-hydrogen) atoms. The average Bonchev–Trinajstić information content (AvgIpc) is 2.98. The van der Waals surface area contributed by atoms with Crippen LogP contribution in [0, 0.1) is 0 Å². The largest absolute Gasteiger partial charge is 0.349 e. The summed E-state index contributed by atoms with van der Waals surface area (Å²) in [5.41, 5.74) is 7.39. The summed E-state index contributed by atoms with van der Waals surface area (Å²) in [5, 5.41) is 2.13. The number of aromatic nitrogens is 1. The minimum Gasteiger partial charge on any atom is -0.349 e. The number of nitrogens with zero attached hydrogens (tertiary/aromatic N) is 2. The molecule has 0 aliphatic heterocycles. The van der Waals surface area contributed by atoms with Gasteiger partial charge in [0.05, 0.1) is 6.54 Å². The standard InChI is InChI=1S/C17H25N3S/c1-4-15(18)11-14-7-5-9-19-17(14)20(13(2)3)12-16-8-6-10-21-16/h5-10,13,15H,4,11-12,18H2,1-3H3.